The molecule has 0 bridgehead atoms. The van der Waals surface area contributed by atoms with E-state index in [9.17, 15) is 0 Å². The van der Waals surface area contributed by atoms with Gasteiger partial charge in [-0.1, -0.05) is 6.07 Å². The van der Waals surface area contributed by atoms with Crippen LogP contribution in [0.4, 0.5) is 5.69 Å². The lowest BCUT2D eigenvalue weighted by molar-refractivity contribution is 0.311. The van der Waals surface area contributed by atoms with E-state index in [1.165, 1.54) is 0 Å². The molecular weight excluding hydrogens is 459 g/mol. The maximum Gasteiger partial charge on any atom is 0.212 e. The number of anilines is 1. The summed E-state index contributed by atoms with van der Waals surface area (Å²) in [5, 5.41) is 6.50. The van der Waals surface area contributed by atoms with Gasteiger partial charge in [-0.3, -0.25) is 0 Å². The van der Waals surface area contributed by atoms with Crippen molar-refractivity contribution >= 4 is 35.6 Å². The van der Waals surface area contributed by atoms with Crippen LogP contribution in [0, 0.1) is 0 Å². The lowest BCUT2D eigenvalue weighted by atomic mass is 10.2. The molecule has 1 aromatic heterocycles. The summed E-state index contributed by atoms with van der Waals surface area (Å²) in [4.78, 5) is 8.78. The summed E-state index contributed by atoms with van der Waals surface area (Å²) in [6.45, 7) is 5.80. The van der Waals surface area contributed by atoms with Gasteiger partial charge in [0.2, 0.25) is 5.88 Å². The first-order chi connectivity index (χ1) is 12.7. The fraction of sp³-hybridized carbons (Fsp3) is 0.368. The molecule has 0 saturated heterocycles. The van der Waals surface area contributed by atoms with E-state index in [1.807, 2.05) is 44.2 Å². The van der Waals surface area contributed by atoms with E-state index in [0.717, 1.165) is 17.8 Å². The fourth-order valence-electron chi connectivity index (χ4n) is 2.26. The summed E-state index contributed by atoms with van der Waals surface area (Å²) in [6.07, 6.45) is 1.76. The molecule has 0 radical (unpaired) electrons. The largest absolute Gasteiger partial charge is 0.493 e. The summed E-state index contributed by atoms with van der Waals surface area (Å²) >= 11 is 0. The van der Waals surface area contributed by atoms with E-state index in [2.05, 4.69) is 20.6 Å². The van der Waals surface area contributed by atoms with Crippen molar-refractivity contribution in [1.29, 1.82) is 0 Å². The standard InChI is InChI=1S/C19H26N4O3.HI/c1-5-20-19(22-13-14-7-10-18(25-4)21-12-14)23-15-8-9-16(26-6-2)17(11-15)24-3;/h7-12H,5-6,13H2,1-4H3,(H2,20,22,23);1H. The average molecular weight is 486 g/mol. The molecule has 0 unspecified atom stereocenters. The zero-order valence-electron chi connectivity index (χ0n) is 16.1. The molecule has 0 aliphatic carbocycles. The third kappa shape index (κ3) is 7.12. The van der Waals surface area contributed by atoms with Crippen molar-refractivity contribution in [3.8, 4) is 17.4 Å². The maximum absolute atomic E-state index is 5.54. The number of nitrogens with zero attached hydrogens (tertiary/aromatic N) is 2. The van der Waals surface area contributed by atoms with E-state index < -0.39 is 0 Å². The van der Waals surface area contributed by atoms with Crippen LogP contribution in [0.2, 0.25) is 0 Å². The molecule has 27 heavy (non-hydrogen) atoms. The molecule has 0 saturated carbocycles. The first-order valence-electron chi connectivity index (χ1n) is 8.55. The van der Waals surface area contributed by atoms with Crippen molar-refractivity contribution < 1.29 is 14.2 Å². The maximum atomic E-state index is 5.54. The monoisotopic (exact) mass is 486 g/mol. The zero-order valence-corrected chi connectivity index (χ0v) is 18.4. The van der Waals surface area contributed by atoms with Gasteiger partial charge in [-0.25, -0.2) is 9.98 Å². The van der Waals surface area contributed by atoms with Crippen molar-refractivity contribution in [3.05, 3.63) is 42.1 Å². The van der Waals surface area contributed by atoms with Crippen LogP contribution in [0.1, 0.15) is 19.4 Å². The number of benzene rings is 1. The Hall–Kier alpha value is -2.23. The van der Waals surface area contributed by atoms with E-state index in [0.29, 0.717) is 36.5 Å². The molecule has 0 spiro atoms. The fourth-order valence-corrected chi connectivity index (χ4v) is 2.26. The minimum Gasteiger partial charge on any atom is -0.493 e. The molecule has 8 heteroatoms. The Morgan fingerprint density at radius 2 is 1.89 bits per heavy atom. The molecule has 0 aliphatic heterocycles. The molecular formula is C19H27IN4O3. The van der Waals surface area contributed by atoms with Crippen LogP contribution in [0.5, 0.6) is 17.4 Å². The van der Waals surface area contributed by atoms with Crippen LogP contribution in [-0.4, -0.2) is 38.3 Å². The van der Waals surface area contributed by atoms with E-state index in [4.69, 9.17) is 14.2 Å². The van der Waals surface area contributed by atoms with Gasteiger partial charge in [0.05, 0.1) is 27.4 Å². The lowest BCUT2D eigenvalue weighted by Crippen LogP contribution is -2.30. The summed E-state index contributed by atoms with van der Waals surface area (Å²) in [5.41, 5.74) is 1.85. The summed E-state index contributed by atoms with van der Waals surface area (Å²) in [7, 11) is 3.22. The van der Waals surface area contributed by atoms with Gasteiger partial charge in [0, 0.05) is 30.6 Å². The quantitative estimate of drug-likeness (QED) is 0.337. The first kappa shape index (κ1) is 22.8. The normalized spacial score (nSPS) is 10.6. The molecule has 7 nitrogen and oxygen atoms in total. The zero-order chi connectivity index (χ0) is 18.8. The van der Waals surface area contributed by atoms with Crippen molar-refractivity contribution in [2.24, 2.45) is 4.99 Å². The number of guanidine groups is 1. The van der Waals surface area contributed by atoms with Gasteiger partial charge in [0.25, 0.3) is 0 Å². The van der Waals surface area contributed by atoms with Crippen LogP contribution >= 0.6 is 24.0 Å². The molecule has 2 N–H and O–H groups in total. The summed E-state index contributed by atoms with van der Waals surface area (Å²) < 4.78 is 16.0. The Labute approximate surface area is 177 Å². The number of aromatic nitrogens is 1. The van der Waals surface area contributed by atoms with Crippen LogP contribution in [0.25, 0.3) is 0 Å². The van der Waals surface area contributed by atoms with Crippen LogP contribution in [0.3, 0.4) is 0 Å². The molecule has 2 aromatic rings. The van der Waals surface area contributed by atoms with E-state index >= 15 is 0 Å². The van der Waals surface area contributed by atoms with Crippen molar-refractivity contribution in [2.75, 3.05) is 32.7 Å². The SMILES string of the molecule is CCNC(=NCc1ccc(OC)nc1)Nc1ccc(OCC)c(OC)c1.I. The highest BCUT2D eigenvalue weighted by Gasteiger charge is 2.07. The molecule has 0 aliphatic rings. The summed E-state index contributed by atoms with van der Waals surface area (Å²) in [6, 6.07) is 9.45. The Bertz CT molecular complexity index is 723. The Morgan fingerprint density at radius 1 is 1.07 bits per heavy atom. The molecule has 0 fully saturated rings. The molecule has 2 rings (SSSR count). The van der Waals surface area contributed by atoms with Gasteiger partial charge in [-0.05, 0) is 31.5 Å². The third-order valence-electron chi connectivity index (χ3n) is 3.50. The number of rotatable bonds is 8. The van der Waals surface area contributed by atoms with Crippen molar-refractivity contribution in [2.45, 2.75) is 20.4 Å². The van der Waals surface area contributed by atoms with Crippen LogP contribution < -0.4 is 24.8 Å². The number of nitrogens with one attached hydrogen (secondary N) is 2. The van der Waals surface area contributed by atoms with Crippen LogP contribution in [0.15, 0.2) is 41.5 Å². The van der Waals surface area contributed by atoms with Gasteiger partial charge < -0.3 is 24.8 Å². The van der Waals surface area contributed by atoms with E-state index in [1.54, 1.807) is 20.4 Å². The van der Waals surface area contributed by atoms with Gasteiger partial charge in [0.15, 0.2) is 17.5 Å². The van der Waals surface area contributed by atoms with Gasteiger partial charge in [-0.15, -0.1) is 24.0 Å². The number of hydrogen-bond donors (Lipinski definition) is 2. The highest BCUT2D eigenvalue weighted by molar-refractivity contribution is 14.0. The summed E-state index contributed by atoms with van der Waals surface area (Å²) in [5.74, 6) is 2.65. The number of halogens is 1. The van der Waals surface area contributed by atoms with Crippen LogP contribution in [-0.2, 0) is 6.54 Å². The average Bonchev–Trinajstić information content (AvgIpc) is 2.68. The van der Waals surface area contributed by atoms with Crippen molar-refractivity contribution in [1.82, 2.24) is 10.3 Å². The molecule has 148 valence electrons. The second-order valence-corrected chi connectivity index (χ2v) is 5.33. The minimum atomic E-state index is 0. The minimum absolute atomic E-state index is 0. The Morgan fingerprint density at radius 3 is 2.48 bits per heavy atom. The second-order valence-electron chi connectivity index (χ2n) is 5.33. The van der Waals surface area contributed by atoms with Gasteiger partial charge in [0.1, 0.15) is 0 Å². The number of methoxy groups -OCH3 is 2. The second kappa shape index (κ2) is 12.2. The number of pyridine rings is 1. The predicted molar refractivity (Wildman–Crippen MR) is 119 cm³/mol. The number of aliphatic imine (C=N–C) groups is 1. The van der Waals surface area contributed by atoms with E-state index in [-0.39, 0.29) is 24.0 Å². The number of hydrogen-bond acceptors (Lipinski definition) is 5. The number of ether oxygens (including phenoxy) is 3. The molecule has 1 heterocycles. The lowest BCUT2D eigenvalue weighted by Gasteiger charge is -2.14. The van der Waals surface area contributed by atoms with Crippen molar-refractivity contribution in [3.63, 3.8) is 0 Å². The highest BCUT2D eigenvalue weighted by Crippen LogP contribution is 2.30. The molecule has 1 aromatic carbocycles. The smallest absolute Gasteiger partial charge is 0.212 e. The Balaban J connectivity index is 0.00000364. The molecule has 0 amide bonds. The first-order valence-corrected chi connectivity index (χ1v) is 8.55. The van der Waals surface area contributed by atoms with Gasteiger partial charge >= 0.3 is 0 Å². The molecule has 0 atom stereocenters. The highest BCUT2D eigenvalue weighted by atomic mass is 127. The third-order valence-corrected chi connectivity index (χ3v) is 3.50. The van der Waals surface area contributed by atoms with Gasteiger partial charge in [-0.2, -0.15) is 0 Å². The predicted octanol–water partition coefficient (Wildman–Crippen LogP) is 3.69. The topological polar surface area (TPSA) is 77.0 Å². The Kier molecular flexibility index (Phi) is 10.3.